The van der Waals surface area contributed by atoms with Gasteiger partial charge in [-0.25, -0.2) is 4.73 Å². The van der Waals surface area contributed by atoms with Gasteiger partial charge in [0.15, 0.2) is 5.69 Å². The highest BCUT2D eigenvalue weighted by Gasteiger charge is 2.01. The Morgan fingerprint density at radius 2 is 1.93 bits per heavy atom. The fourth-order valence-corrected chi connectivity index (χ4v) is 1.28. The zero-order valence-electron chi connectivity index (χ0n) is 7.63. The third-order valence-electron chi connectivity index (χ3n) is 1.98. The molecule has 2 aromatic rings. The van der Waals surface area contributed by atoms with Crippen LogP contribution in [0.5, 0.6) is 0 Å². The SMILES string of the molecule is [O-][n+]1ccc(Cc2ccccc2)nc1. The molecular weight excluding hydrogens is 176 g/mol. The van der Waals surface area contributed by atoms with Gasteiger partial charge >= 0.3 is 0 Å². The summed E-state index contributed by atoms with van der Waals surface area (Å²) in [5, 5.41) is 10.7. The molecule has 0 radical (unpaired) electrons. The summed E-state index contributed by atoms with van der Waals surface area (Å²) in [7, 11) is 0. The third-order valence-corrected chi connectivity index (χ3v) is 1.98. The van der Waals surface area contributed by atoms with Crippen molar-refractivity contribution < 1.29 is 4.73 Å². The van der Waals surface area contributed by atoms with Gasteiger partial charge in [0.05, 0.1) is 6.20 Å². The molecule has 3 nitrogen and oxygen atoms in total. The Labute approximate surface area is 82.3 Å². The zero-order chi connectivity index (χ0) is 9.80. The number of rotatable bonds is 2. The van der Waals surface area contributed by atoms with Crippen molar-refractivity contribution in [2.75, 3.05) is 0 Å². The molecule has 0 bridgehead atoms. The predicted octanol–water partition coefficient (Wildman–Crippen LogP) is 1.31. The zero-order valence-corrected chi connectivity index (χ0v) is 7.63. The first-order valence-corrected chi connectivity index (χ1v) is 4.42. The monoisotopic (exact) mass is 186 g/mol. The average Bonchev–Trinajstić information content (AvgIpc) is 2.23. The molecule has 2 rings (SSSR count). The summed E-state index contributed by atoms with van der Waals surface area (Å²) in [6.07, 6.45) is 3.51. The van der Waals surface area contributed by atoms with E-state index in [0.717, 1.165) is 12.1 Å². The van der Waals surface area contributed by atoms with Gasteiger partial charge in [0, 0.05) is 12.5 Å². The second-order valence-corrected chi connectivity index (χ2v) is 3.07. The first-order chi connectivity index (χ1) is 6.84. The normalized spacial score (nSPS) is 10.0. The van der Waals surface area contributed by atoms with Crippen molar-refractivity contribution in [3.63, 3.8) is 0 Å². The number of aromatic nitrogens is 2. The summed E-state index contributed by atoms with van der Waals surface area (Å²) in [6, 6.07) is 11.8. The highest BCUT2D eigenvalue weighted by molar-refractivity contribution is 5.20. The molecule has 0 saturated heterocycles. The summed E-state index contributed by atoms with van der Waals surface area (Å²) in [5.74, 6) is 0. The van der Waals surface area contributed by atoms with Gasteiger partial charge in [0.1, 0.15) is 0 Å². The quantitative estimate of drug-likeness (QED) is 0.524. The standard InChI is InChI=1S/C11H10N2O/c14-13-7-6-11(12-9-13)8-10-4-2-1-3-5-10/h1-7,9H,8H2. The van der Waals surface area contributed by atoms with Crippen LogP contribution in [0.15, 0.2) is 48.9 Å². The van der Waals surface area contributed by atoms with Crippen LogP contribution in [0.1, 0.15) is 11.3 Å². The molecule has 1 aromatic carbocycles. The molecule has 14 heavy (non-hydrogen) atoms. The van der Waals surface area contributed by atoms with E-state index in [0.29, 0.717) is 4.73 Å². The Morgan fingerprint density at radius 1 is 1.14 bits per heavy atom. The van der Waals surface area contributed by atoms with Gasteiger partial charge in [-0.3, -0.25) is 0 Å². The van der Waals surface area contributed by atoms with E-state index in [2.05, 4.69) is 4.98 Å². The lowest BCUT2D eigenvalue weighted by molar-refractivity contribution is -0.608. The minimum atomic E-state index is 0.689. The predicted molar refractivity (Wildman–Crippen MR) is 52.4 cm³/mol. The van der Waals surface area contributed by atoms with E-state index in [4.69, 9.17) is 0 Å². The summed E-state index contributed by atoms with van der Waals surface area (Å²) in [6.45, 7) is 0. The molecule has 70 valence electrons. The fourth-order valence-electron chi connectivity index (χ4n) is 1.28. The largest absolute Gasteiger partial charge is 0.711 e. The Bertz CT molecular complexity index is 397. The van der Waals surface area contributed by atoms with Gasteiger partial charge in [-0.1, -0.05) is 35.3 Å². The van der Waals surface area contributed by atoms with Gasteiger partial charge in [-0.05, 0) is 5.56 Å². The summed E-state index contributed by atoms with van der Waals surface area (Å²) >= 11 is 0. The molecule has 3 heteroatoms. The molecule has 0 N–H and O–H groups in total. The maximum Gasteiger partial charge on any atom is 0.289 e. The van der Waals surface area contributed by atoms with Crippen LogP contribution in [0.4, 0.5) is 0 Å². The molecule has 0 saturated carbocycles. The summed E-state index contributed by atoms with van der Waals surface area (Å²) < 4.78 is 0.689. The van der Waals surface area contributed by atoms with E-state index >= 15 is 0 Å². The average molecular weight is 186 g/mol. The highest BCUT2D eigenvalue weighted by atomic mass is 16.5. The first kappa shape index (κ1) is 8.69. The molecule has 1 heterocycles. The van der Waals surface area contributed by atoms with E-state index in [1.807, 2.05) is 30.3 Å². The molecular formula is C11H10N2O. The van der Waals surface area contributed by atoms with E-state index in [1.54, 1.807) is 6.07 Å². The fraction of sp³-hybridized carbons (Fsp3) is 0.0909. The second-order valence-electron chi connectivity index (χ2n) is 3.07. The van der Waals surface area contributed by atoms with E-state index in [-0.39, 0.29) is 0 Å². The molecule has 0 amide bonds. The molecule has 1 aromatic heterocycles. The van der Waals surface area contributed by atoms with Gasteiger partial charge in [0.2, 0.25) is 0 Å². The molecule has 0 aliphatic rings. The maximum atomic E-state index is 10.7. The summed E-state index contributed by atoms with van der Waals surface area (Å²) in [4.78, 5) is 4.02. The Morgan fingerprint density at radius 3 is 2.57 bits per heavy atom. The van der Waals surface area contributed by atoms with Gasteiger partial charge < -0.3 is 5.21 Å². The molecule has 0 spiro atoms. The van der Waals surface area contributed by atoms with Crippen molar-refractivity contribution in [1.29, 1.82) is 0 Å². The third kappa shape index (κ3) is 2.07. The molecule has 0 fully saturated rings. The highest BCUT2D eigenvalue weighted by Crippen LogP contribution is 2.04. The first-order valence-electron chi connectivity index (χ1n) is 4.42. The maximum absolute atomic E-state index is 10.7. The number of nitrogens with zero attached hydrogens (tertiary/aromatic N) is 2. The van der Waals surface area contributed by atoms with Crippen molar-refractivity contribution in [3.05, 3.63) is 65.4 Å². The number of hydrogen-bond donors (Lipinski definition) is 0. The van der Waals surface area contributed by atoms with E-state index in [9.17, 15) is 5.21 Å². The van der Waals surface area contributed by atoms with Crippen LogP contribution in [-0.4, -0.2) is 4.98 Å². The Balaban J connectivity index is 2.16. The van der Waals surface area contributed by atoms with Crippen molar-refractivity contribution in [2.45, 2.75) is 6.42 Å². The Kier molecular flexibility index (Phi) is 2.40. The lowest BCUT2D eigenvalue weighted by atomic mass is 10.1. The molecule has 0 aliphatic carbocycles. The number of benzene rings is 1. The number of hydrogen-bond acceptors (Lipinski definition) is 2. The van der Waals surface area contributed by atoms with Gasteiger partial charge in [-0.15, -0.1) is 0 Å². The lowest BCUT2D eigenvalue weighted by Gasteiger charge is -1.99. The molecule has 0 atom stereocenters. The van der Waals surface area contributed by atoms with Crippen LogP contribution in [0.25, 0.3) is 0 Å². The molecule has 0 aliphatic heterocycles. The van der Waals surface area contributed by atoms with E-state index < -0.39 is 0 Å². The van der Waals surface area contributed by atoms with E-state index in [1.165, 1.54) is 18.1 Å². The van der Waals surface area contributed by atoms with Crippen LogP contribution < -0.4 is 4.73 Å². The van der Waals surface area contributed by atoms with Crippen molar-refractivity contribution in [1.82, 2.24) is 4.98 Å². The topological polar surface area (TPSA) is 39.8 Å². The van der Waals surface area contributed by atoms with Crippen LogP contribution in [-0.2, 0) is 6.42 Å². The van der Waals surface area contributed by atoms with Crippen LogP contribution in [0.2, 0.25) is 0 Å². The summed E-state index contributed by atoms with van der Waals surface area (Å²) in [5.41, 5.74) is 2.10. The Hall–Kier alpha value is -1.90. The second kappa shape index (κ2) is 3.87. The van der Waals surface area contributed by atoms with Crippen LogP contribution >= 0.6 is 0 Å². The minimum Gasteiger partial charge on any atom is -0.711 e. The minimum absolute atomic E-state index is 0.689. The van der Waals surface area contributed by atoms with Crippen molar-refractivity contribution >= 4 is 0 Å². The van der Waals surface area contributed by atoms with Crippen LogP contribution in [0, 0.1) is 5.21 Å². The van der Waals surface area contributed by atoms with Crippen molar-refractivity contribution in [2.24, 2.45) is 0 Å². The van der Waals surface area contributed by atoms with Crippen LogP contribution in [0.3, 0.4) is 0 Å². The van der Waals surface area contributed by atoms with Crippen molar-refractivity contribution in [3.8, 4) is 0 Å². The van der Waals surface area contributed by atoms with Gasteiger partial charge in [0.25, 0.3) is 6.33 Å². The lowest BCUT2D eigenvalue weighted by Crippen LogP contribution is -2.25. The van der Waals surface area contributed by atoms with Gasteiger partial charge in [-0.2, -0.15) is 0 Å². The smallest absolute Gasteiger partial charge is 0.289 e. The molecule has 0 unspecified atom stereocenters.